The van der Waals surface area contributed by atoms with Gasteiger partial charge < -0.3 is 28.6 Å². The van der Waals surface area contributed by atoms with Gasteiger partial charge in [0.15, 0.2) is 11.9 Å². The molecule has 2 aromatic rings. The van der Waals surface area contributed by atoms with Crippen LogP contribution in [0.1, 0.15) is 24.2 Å². The Balaban J connectivity index is 1.60. The molecule has 2 aliphatic heterocycles. The van der Waals surface area contributed by atoms with E-state index in [2.05, 4.69) is 0 Å². The number of rotatable bonds is 6. The van der Waals surface area contributed by atoms with Crippen molar-refractivity contribution >= 4 is 22.7 Å². The molecule has 1 aromatic carbocycles. The summed E-state index contributed by atoms with van der Waals surface area (Å²) in [5.74, 6) is 0.111. The maximum Gasteiger partial charge on any atom is 0.325 e. The quantitative estimate of drug-likeness (QED) is 0.588. The summed E-state index contributed by atoms with van der Waals surface area (Å²) in [6.45, 7) is 4.13. The highest BCUT2D eigenvalue weighted by Crippen LogP contribution is 2.32. The summed E-state index contributed by atoms with van der Waals surface area (Å²) in [7, 11) is 0. The van der Waals surface area contributed by atoms with Crippen LogP contribution in [0.3, 0.4) is 0 Å². The van der Waals surface area contributed by atoms with Crippen LogP contribution >= 0.6 is 0 Å². The van der Waals surface area contributed by atoms with Crippen molar-refractivity contribution in [2.45, 2.75) is 44.8 Å². The van der Waals surface area contributed by atoms with Crippen LogP contribution in [0, 0.1) is 0 Å². The van der Waals surface area contributed by atoms with Gasteiger partial charge in [0.2, 0.25) is 0 Å². The summed E-state index contributed by atoms with van der Waals surface area (Å²) >= 11 is 0. The van der Waals surface area contributed by atoms with Gasteiger partial charge in [-0.25, -0.2) is 0 Å². The second-order valence-electron chi connectivity index (χ2n) is 7.03. The second-order valence-corrected chi connectivity index (χ2v) is 7.03. The highest BCUT2D eigenvalue weighted by atomic mass is 16.6. The zero-order valence-corrected chi connectivity index (χ0v) is 15.8. The molecular weight excluding hydrogens is 366 g/mol. The largest absolute Gasteiger partial charge is 0.485 e. The smallest absolute Gasteiger partial charge is 0.325 e. The molecule has 2 saturated heterocycles. The topological polar surface area (TPSA) is 96.2 Å². The summed E-state index contributed by atoms with van der Waals surface area (Å²) in [6, 6.07) is 5.38. The molecule has 0 bridgehead atoms. The third-order valence-corrected chi connectivity index (χ3v) is 5.11. The molecule has 4 atom stereocenters. The third-order valence-electron chi connectivity index (χ3n) is 5.11. The summed E-state index contributed by atoms with van der Waals surface area (Å²) in [5, 5.41) is 10.6. The SMILES string of the molecule is CCOC(=O)Cn1cc(C(C)=O)c2cc(O[C@@H]3CO[C@H]4[C@@H]3OC[C@H]4O)ccc21. The van der Waals surface area contributed by atoms with Gasteiger partial charge in [-0.05, 0) is 32.0 Å². The number of fused-ring (bicyclic) bond motifs is 2. The number of aliphatic hydroxyl groups excluding tert-OH is 1. The molecule has 1 aromatic heterocycles. The van der Waals surface area contributed by atoms with Gasteiger partial charge in [-0.3, -0.25) is 9.59 Å². The van der Waals surface area contributed by atoms with Crippen molar-refractivity contribution in [1.82, 2.24) is 4.57 Å². The van der Waals surface area contributed by atoms with Crippen LogP contribution in [0.25, 0.3) is 10.9 Å². The first-order chi connectivity index (χ1) is 13.5. The van der Waals surface area contributed by atoms with Gasteiger partial charge in [-0.15, -0.1) is 0 Å². The number of ether oxygens (including phenoxy) is 4. The average Bonchev–Trinajstić information content (AvgIpc) is 3.32. The van der Waals surface area contributed by atoms with Gasteiger partial charge in [0.1, 0.15) is 30.6 Å². The monoisotopic (exact) mass is 389 g/mol. The summed E-state index contributed by atoms with van der Waals surface area (Å²) in [4.78, 5) is 24.0. The standard InChI is InChI=1S/C20H23NO7/c1-3-25-18(24)8-21-7-14(11(2)22)13-6-12(4-5-15(13)21)28-17-10-27-19-16(23)9-26-20(17)19/h4-7,16-17,19-20,23H,3,8-10H2,1-2H3/t16-,17-,19-,20-/m1/s1. The molecule has 0 spiro atoms. The van der Waals surface area contributed by atoms with E-state index in [0.717, 1.165) is 5.52 Å². The molecule has 1 N–H and O–H groups in total. The first kappa shape index (κ1) is 18.9. The Kier molecular flexibility index (Phi) is 5.09. The number of hydrogen-bond donors (Lipinski definition) is 1. The van der Waals surface area contributed by atoms with E-state index in [9.17, 15) is 14.7 Å². The molecule has 2 fully saturated rings. The van der Waals surface area contributed by atoms with Crippen LogP contribution in [-0.2, 0) is 25.5 Å². The lowest BCUT2D eigenvalue weighted by Crippen LogP contribution is -2.34. The molecule has 0 aliphatic carbocycles. The summed E-state index contributed by atoms with van der Waals surface area (Å²) < 4.78 is 23.9. The molecule has 0 amide bonds. The fourth-order valence-corrected chi connectivity index (χ4v) is 3.83. The van der Waals surface area contributed by atoms with E-state index >= 15 is 0 Å². The lowest BCUT2D eigenvalue weighted by Gasteiger charge is -2.18. The predicted octanol–water partition coefficient (Wildman–Crippen LogP) is 1.31. The average molecular weight is 389 g/mol. The van der Waals surface area contributed by atoms with Crippen LogP contribution in [0.2, 0.25) is 0 Å². The molecule has 8 nitrogen and oxygen atoms in total. The minimum absolute atomic E-state index is 0.0315. The zero-order valence-electron chi connectivity index (χ0n) is 15.8. The summed E-state index contributed by atoms with van der Waals surface area (Å²) in [5.41, 5.74) is 1.26. The molecule has 0 unspecified atom stereocenters. The number of Topliss-reactive ketones (excluding diaryl/α,β-unsaturated/α-hetero) is 1. The molecule has 0 saturated carbocycles. The van der Waals surface area contributed by atoms with E-state index in [0.29, 0.717) is 29.9 Å². The Labute approximate surface area is 161 Å². The molecular formula is C20H23NO7. The lowest BCUT2D eigenvalue weighted by molar-refractivity contribution is -0.143. The first-order valence-corrected chi connectivity index (χ1v) is 9.35. The van der Waals surface area contributed by atoms with Crippen molar-refractivity contribution in [3.8, 4) is 5.75 Å². The van der Waals surface area contributed by atoms with Gasteiger partial charge in [-0.2, -0.15) is 0 Å². The number of hydrogen-bond acceptors (Lipinski definition) is 7. The van der Waals surface area contributed by atoms with Crippen LogP contribution in [0.5, 0.6) is 5.75 Å². The highest BCUT2D eigenvalue weighted by molar-refractivity contribution is 6.07. The van der Waals surface area contributed by atoms with Crippen molar-refractivity contribution in [2.75, 3.05) is 19.8 Å². The molecule has 8 heteroatoms. The fourth-order valence-electron chi connectivity index (χ4n) is 3.83. The Hall–Kier alpha value is -2.42. The van der Waals surface area contributed by atoms with Crippen LogP contribution in [-0.4, -0.2) is 65.7 Å². The van der Waals surface area contributed by atoms with E-state index in [1.165, 1.54) is 6.92 Å². The van der Waals surface area contributed by atoms with Crippen molar-refractivity contribution < 1.29 is 33.6 Å². The van der Waals surface area contributed by atoms with Crippen molar-refractivity contribution in [3.63, 3.8) is 0 Å². The number of aromatic nitrogens is 1. The Bertz CT molecular complexity index is 905. The van der Waals surface area contributed by atoms with E-state index in [-0.39, 0.29) is 43.2 Å². The zero-order chi connectivity index (χ0) is 19.8. The number of aliphatic hydroxyl groups is 1. The summed E-state index contributed by atoms with van der Waals surface area (Å²) in [6.07, 6.45) is 0.0154. The van der Waals surface area contributed by atoms with E-state index in [4.69, 9.17) is 18.9 Å². The van der Waals surface area contributed by atoms with E-state index in [1.807, 2.05) is 6.07 Å². The van der Waals surface area contributed by atoms with E-state index < -0.39 is 6.10 Å². The molecule has 0 radical (unpaired) electrons. The first-order valence-electron chi connectivity index (χ1n) is 9.35. The minimum atomic E-state index is -0.637. The van der Waals surface area contributed by atoms with Crippen LogP contribution < -0.4 is 4.74 Å². The predicted molar refractivity (Wildman–Crippen MR) is 98.5 cm³/mol. The molecule has 28 heavy (non-hydrogen) atoms. The highest BCUT2D eigenvalue weighted by Gasteiger charge is 2.48. The molecule has 4 rings (SSSR count). The van der Waals surface area contributed by atoms with Crippen molar-refractivity contribution in [1.29, 1.82) is 0 Å². The van der Waals surface area contributed by atoms with E-state index in [1.54, 1.807) is 29.8 Å². The van der Waals surface area contributed by atoms with Gasteiger partial charge in [0.05, 0.1) is 19.8 Å². The number of nitrogens with zero attached hydrogens (tertiary/aromatic N) is 1. The molecule has 2 aliphatic rings. The Morgan fingerprint density at radius 3 is 2.79 bits per heavy atom. The van der Waals surface area contributed by atoms with Gasteiger partial charge in [0.25, 0.3) is 0 Å². The van der Waals surface area contributed by atoms with Gasteiger partial charge >= 0.3 is 5.97 Å². The fraction of sp³-hybridized carbons (Fsp3) is 0.500. The van der Waals surface area contributed by atoms with Crippen molar-refractivity contribution in [3.05, 3.63) is 30.0 Å². The lowest BCUT2D eigenvalue weighted by atomic mass is 10.1. The van der Waals surface area contributed by atoms with Gasteiger partial charge in [0, 0.05) is 22.7 Å². The van der Waals surface area contributed by atoms with Crippen molar-refractivity contribution in [2.24, 2.45) is 0 Å². The second kappa shape index (κ2) is 7.54. The number of esters is 1. The normalized spacial score (nSPS) is 26.4. The number of carbonyl (C=O) groups excluding carboxylic acids is 2. The van der Waals surface area contributed by atoms with Gasteiger partial charge in [-0.1, -0.05) is 0 Å². The molecule has 150 valence electrons. The number of carbonyl (C=O) groups is 2. The maximum absolute atomic E-state index is 12.1. The Morgan fingerprint density at radius 2 is 2.04 bits per heavy atom. The Morgan fingerprint density at radius 1 is 1.25 bits per heavy atom. The number of ketones is 1. The third kappa shape index (κ3) is 3.39. The van der Waals surface area contributed by atoms with Crippen LogP contribution in [0.15, 0.2) is 24.4 Å². The number of benzene rings is 1. The molecule has 3 heterocycles. The minimum Gasteiger partial charge on any atom is -0.485 e. The van der Waals surface area contributed by atoms with Crippen LogP contribution in [0.4, 0.5) is 0 Å². The maximum atomic E-state index is 12.1.